The van der Waals surface area contributed by atoms with Gasteiger partial charge in [-0.05, 0) is 42.7 Å². The first-order valence-electron chi connectivity index (χ1n) is 9.83. The molecule has 1 N–H and O–H groups in total. The summed E-state index contributed by atoms with van der Waals surface area (Å²) in [6.07, 6.45) is 2.26. The number of hydrogen-bond acceptors (Lipinski definition) is 8. The van der Waals surface area contributed by atoms with Crippen LogP contribution in [0.3, 0.4) is 0 Å². The molecule has 1 aliphatic rings. The number of nitrogens with one attached hydrogen (secondary N) is 1. The number of rotatable bonds is 7. The molecule has 2 aromatic carbocycles. The van der Waals surface area contributed by atoms with E-state index in [2.05, 4.69) is 15.5 Å². The first kappa shape index (κ1) is 21.7. The number of carbonyl (C=O) groups excluding carboxylic acids is 2. The maximum Gasteiger partial charge on any atom is 0.322 e. The largest absolute Gasteiger partial charge is 0.497 e. The van der Waals surface area contributed by atoms with Gasteiger partial charge in [0.15, 0.2) is 0 Å². The Morgan fingerprint density at radius 3 is 2.44 bits per heavy atom. The quantitative estimate of drug-likeness (QED) is 0.540. The monoisotopic (exact) mass is 454 g/mol. The maximum atomic E-state index is 12.6. The third-order valence-corrected chi connectivity index (χ3v) is 5.88. The Bertz CT molecular complexity index is 1110. The zero-order valence-corrected chi connectivity index (χ0v) is 18.6. The lowest BCUT2D eigenvalue weighted by Gasteiger charge is -2.16. The van der Waals surface area contributed by atoms with E-state index in [-0.39, 0.29) is 24.3 Å². The van der Waals surface area contributed by atoms with E-state index in [0.29, 0.717) is 29.5 Å². The van der Waals surface area contributed by atoms with Crippen molar-refractivity contribution in [3.63, 3.8) is 0 Å². The molecule has 1 aromatic heterocycles. The van der Waals surface area contributed by atoms with Gasteiger partial charge >= 0.3 is 6.01 Å². The van der Waals surface area contributed by atoms with Crippen molar-refractivity contribution in [2.75, 3.05) is 37.2 Å². The molecule has 1 fully saturated rings. The van der Waals surface area contributed by atoms with Gasteiger partial charge in [0.2, 0.25) is 11.8 Å². The molecule has 10 heteroatoms. The van der Waals surface area contributed by atoms with E-state index >= 15 is 0 Å². The van der Waals surface area contributed by atoms with E-state index in [9.17, 15) is 9.59 Å². The minimum Gasteiger partial charge on any atom is -0.497 e. The number of methoxy groups -OCH3 is 2. The average Bonchev–Trinajstić information content (AvgIpc) is 3.45. The van der Waals surface area contributed by atoms with Gasteiger partial charge in [-0.25, -0.2) is 0 Å². The summed E-state index contributed by atoms with van der Waals surface area (Å²) >= 11 is 1.64. The molecule has 1 aliphatic heterocycles. The van der Waals surface area contributed by atoms with Crippen molar-refractivity contribution in [2.45, 2.75) is 17.2 Å². The van der Waals surface area contributed by atoms with E-state index in [4.69, 9.17) is 13.9 Å². The Hall–Kier alpha value is -3.53. The number of hydrogen-bond donors (Lipinski definition) is 1. The predicted molar refractivity (Wildman–Crippen MR) is 120 cm³/mol. The standard InChI is InChI=1S/C22H22N4O5S/c1-29-16-8-13(9-17(11-16)30-2)20(28)23-22-25-24-21(31-22)14-10-19(27)26(12-14)15-4-6-18(32-3)7-5-15/h4-9,11,14H,10,12H2,1-3H3,(H,23,25,28). The number of nitrogens with zero attached hydrogens (tertiary/aromatic N) is 3. The van der Waals surface area contributed by atoms with Crippen LogP contribution in [0.2, 0.25) is 0 Å². The van der Waals surface area contributed by atoms with Gasteiger partial charge in [0.05, 0.1) is 20.1 Å². The molecule has 0 radical (unpaired) electrons. The van der Waals surface area contributed by atoms with Gasteiger partial charge in [0.25, 0.3) is 5.91 Å². The Morgan fingerprint density at radius 2 is 1.81 bits per heavy atom. The molecule has 2 amide bonds. The van der Waals surface area contributed by atoms with Crippen molar-refractivity contribution in [2.24, 2.45) is 0 Å². The topological polar surface area (TPSA) is 107 Å². The van der Waals surface area contributed by atoms with Crippen LogP contribution in [-0.2, 0) is 4.79 Å². The van der Waals surface area contributed by atoms with Crippen molar-refractivity contribution in [3.05, 3.63) is 53.9 Å². The Morgan fingerprint density at radius 1 is 1.12 bits per heavy atom. The number of aromatic nitrogens is 2. The molecule has 0 bridgehead atoms. The van der Waals surface area contributed by atoms with Crippen molar-refractivity contribution < 1.29 is 23.5 Å². The molecular weight excluding hydrogens is 432 g/mol. The second-order valence-corrected chi connectivity index (χ2v) is 7.98. The molecule has 1 saturated heterocycles. The maximum absolute atomic E-state index is 12.6. The van der Waals surface area contributed by atoms with Gasteiger partial charge in [-0.2, -0.15) is 0 Å². The number of amides is 2. The number of anilines is 2. The van der Waals surface area contributed by atoms with Crippen LogP contribution in [0.5, 0.6) is 11.5 Å². The van der Waals surface area contributed by atoms with Crippen LogP contribution in [0.4, 0.5) is 11.7 Å². The minimum absolute atomic E-state index is 0.0147. The van der Waals surface area contributed by atoms with Gasteiger partial charge < -0.3 is 18.8 Å². The molecule has 0 aliphatic carbocycles. The lowest BCUT2D eigenvalue weighted by Crippen LogP contribution is -2.24. The lowest BCUT2D eigenvalue weighted by molar-refractivity contribution is -0.117. The van der Waals surface area contributed by atoms with E-state index < -0.39 is 5.91 Å². The van der Waals surface area contributed by atoms with Crippen LogP contribution in [-0.4, -0.2) is 49.0 Å². The number of ether oxygens (including phenoxy) is 2. The first-order chi connectivity index (χ1) is 15.5. The summed E-state index contributed by atoms with van der Waals surface area (Å²) in [6, 6.07) is 12.6. The smallest absolute Gasteiger partial charge is 0.322 e. The van der Waals surface area contributed by atoms with Crippen LogP contribution in [0.15, 0.2) is 51.8 Å². The molecular formula is C22H22N4O5S. The summed E-state index contributed by atoms with van der Waals surface area (Å²) in [5.41, 5.74) is 1.15. The summed E-state index contributed by atoms with van der Waals surface area (Å²) in [4.78, 5) is 28.0. The van der Waals surface area contributed by atoms with E-state index in [1.54, 1.807) is 34.9 Å². The number of benzene rings is 2. The minimum atomic E-state index is -0.449. The highest BCUT2D eigenvalue weighted by molar-refractivity contribution is 7.98. The Labute approximate surface area is 189 Å². The van der Waals surface area contributed by atoms with Crippen LogP contribution in [0.25, 0.3) is 0 Å². The van der Waals surface area contributed by atoms with Gasteiger partial charge in [-0.3, -0.25) is 14.9 Å². The zero-order chi connectivity index (χ0) is 22.7. The van der Waals surface area contributed by atoms with Crippen molar-refractivity contribution in [1.29, 1.82) is 0 Å². The van der Waals surface area contributed by atoms with Gasteiger partial charge in [-0.15, -0.1) is 16.9 Å². The summed E-state index contributed by atoms with van der Waals surface area (Å²) in [5.74, 6) is 0.555. The molecule has 2 heterocycles. The summed E-state index contributed by atoms with van der Waals surface area (Å²) in [7, 11) is 3.01. The van der Waals surface area contributed by atoms with Crippen LogP contribution < -0.4 is 19.7 Å². The normalized spacial score (nSPS) is 15.7. The molecule has 4 rings (SSSR count). The summed E-state index contributed by atoms with van der Waals surface area (Å²) < 4.78 is 16.0. The van der Waals surface area contributed by atoms with E-state index in [1.807, 2.05) is 30.5 Å². The highest BCUT2D eigenvalue weighted by atomic mass is 32.2. The molecule has 1 atom stereocenters. The third-order valence-electron chi connectivity index (χ3n) is 5.13. The fourth-order valence-electron chi connectivity index (χ4n) is 3.44. The van der Waals surface area contributed by atoms with Crippen LogP contribution in [0, 0.1) is 0 Å². The van der Waals surface area contributed by atoms with Crippen LogP contribution in [0.1, 0.15) is 28.6 Å². The fraction of sp³-hybridized carbons (Fsp3) is 0.273. The molecule has 9 nitrogen and oxygen atoms in total. The third kappa shape index (κ3) is 4.54. The summed E-state index contributed by atoms with van der Waals surface area (Å²) in [6.45, 7) is 0.431. The second kappa shape index (κ2) is 9.31. The van der Waals surface area contributed by atoms with Crippen molar-refractivity contribution >= 4 is 35.3 Å². The molecule has 32 heavy (non-hydrogen) atoms. The second-order valence-electron chi connectivity index (χ2n) is 7.10. The van der Waals surface area contributed by atoms with Crippen molar-refractivity contribution in [3.8, 4) is 11.5 Å². The van der Waals surface area contributed by atoms with Gasteiger partial charge in [0, 0.05) is 35.2 Å². The molecule has 1 unspecified atom stereocenters. The fourth-order valence-corrected chi connectivity index (χ4v) is 3.85. The van der Waals surface area contributed by atoms with Crippen molar-refractivity contribution in [1.82, 2.24) is 10.2 Å². The summed E-state index contributed by atoms with van der Waals surface area (Å²) in [5, 5.41) is 10.5. The Balaban J connectivity index is 1.45. The number of carbonyl (C=O) groups is 2. The zero-order valence-electron chi connectivity index (χ0n) is 17.8. The van der Waals surface area contributed by atoms with E-state index in [0.717, 1.165) is 10.6 Å². The first-order valence-corrected chi connectivity index (χ1v) is 11.1. The van der Waals surface area contributed by atoms with Gasteiger partial charge in [-0.1, -0.05) is 5.10 Å². The predicted octanol–water partition coefficient (Wildman–Crippen LogP) is 3.58. The van der Waals surface area contributed by atoms with Gasteiger partial charge in [0.1, 0.15) is 11.5 Å². The SMILES string of the molecule is COc1cc(OC)cc(C(=O)Nc2nnc(C3CC(=O)N(c4ccc(SC)cc4)C3)o2)c1. The highest BCUT2D eigenvalue weighted by Gasteiger charge is 2.35. The molecule has 0 spiro atoms. The Kier molecular flexibility index (Phi) is 6.31. The van der Waals surface area contributed by atoms with Crippen LogP contribution >= 0.6 is 11.8 Å². The lowest BCUT2D eigenvalue weighted by atomic mass is 10.1. The van der Waals surface area contributed by atoms with E-state index in [1.165, 1.54) is 14.2 Å². The molecule has 3 aromatic rings. The average molecular weight is 455 g/mol. The highest BCUT2D eigenvalue weighted by Crippen LogP contribution is 2.32. The molecule has 166 valence electrons. The number of thioether (sulfide) groups is 1. The molecule has 0 saturated carbocycles.